The van der Waals surface area contributed by atoms with Gasteiger partial charge < -0.3 is 10.3 Å². The van der Waals surface area contributed by atoms with Crippen molar-refractivity contribution in [2.45, 2.75) is 30.7 Å². The second kappa shape index (κ2) is 5.75. The molecule has 0 saturated carbocycles. The van der Waals surface area contributed by atoms with Crippen molar-refractivity contribution in [3.8, 4) is 0 Å². The van der Waals surface area contributed by atoms with E-state index < -0.39 is 10.0 Å². The predicted molar refractivity (Wildman–Crippen MR) is 81.5 cm³/mol. The molecule has 21 heavy (non-hydrogen) atoms. The number of hydrogen-bond donors (Lipinski definition) is 3. The zero-order valence-electron chi connectivity index (χ0n) is 12.0. The van der Waals surface area contributed by atoms with Crippen molar-refractivity contribution in [3.63, 3.8) is 0 Å². The number of rotatable bonds is 4. The van der Waals surface area contributed by atoms with Gasteiger partial charge in [0.25, 0.3) is 0 Å². The number of hydrogen-bond acceptors (Lipinski definition) is 4. The molecule has 7 heteroatoms. The summed E-state index contributed by atoms with van der Waals surface area (Å²) in [5.41, 5.74) is 0.588. The predicted octanol–water partition coefficient (Wildman–Crippen LogP) is 1.23. The molecule has 1 aliphatic rings. The summed E-state index contributed by atoms with van der Waals surface area (Å²) < 4.78 is 28.0. The Bertz CT molecular complexity index is 719. The van der Waals surface area contributed by atoms with E-state index in [2.05, 4.69) is 20.0 Å². The Hall–Kier alpha value is -1.44. The molecule has 1 aliphatic heterocycles. The number of piperidine rings is 1. The van der Waals surface area contributed by atoms with Crippen LogP contribution in [0.25, 0.3) is 11.0 Å². The number of H-pyrrole nitrogens is 1. The summed E-state index contributed by atoms with van der Waals surface area (Å²) in [6.45, 7) is 3.81. The van der Waals surface area contributed by atoms with Crippen LogP contribution in [0.4, 0.5) is 0 Å². The van der Waals surface area contributed by atoms with Crippen LogP contribution in [0.15, 0.2) is 29.4 Å². The van der Waals surface area contributed by atoms with Crippen LogP contribution in [0.2, 0.25) is 0 Å². The first-order valence-corrected chi connectivity index (χ1v) is 8.71. The fraction of sp³-hybridized carbons (Fsp3) is 0.500. The third-order valence-electron chi connectivity index (χ3n) is 4.09. The SMILES string of the molecule is CC(NS(=O)(=O)c1c[nH]c2ncccc12)C1CCCNC1. The minimum absolute atomic E-state index is 0.0931. The molecule has 0 bridgehead atoms. The molecule has 2 atom stereocenters. The summed E-state index contributed by atoms with van der Waals surface area (Å²) in [6.07, 6.45) is 5.28. The van der Waals surface area contributed by atoms with Crippen LogP contribution in [-0.4, -0.2) is 37.5 Å². The first kappa shape index (κ1) is 14.5. The zero-order chi connectivity index (χ0) is 14.9. The lowest BCUT2D eigenvalue weighted by Crippen LogP contribution is -2.44. The van der Waals surface area contributed by atoms with Gasteiger partial charge in [0.05, 0.1) is 0 Å². The summed E-state index contributed by atoms with van der Waals surface area (Å²) in [6, 6.07) is 3.41. The monoisotopic (exact) mass is 308 g/mol. The Morgan fingerprint density at radius 1 is 1.48 bits per heavy atom. The first-order valence-electron chi connectivity index (χ1n) is 7.23. The maximum atomic E-state index is 12.6. The number of nitrogens with one attached hydrogen (secondary N) is 3. The van der Waals surface area contributed by atoms with E-state index in [9.17, 15) is 8.42 Å². The number of pyridine rings is 1. The van der Waals surface area contributed by atoms with Crippen molar-refractivity contribution < 1.29 is 8.42 Å². The van der Waals surface area contributed by atoms with Gasteiger partial charge in [-0.15, -0.1) is 0 Å². The number of aromatic nitrogens is 2. The van der Waals surface area contributed by atoms with Gasteiger partial charge in [-0.05, 0) is 50.9 Å². The van der Waals surface area contributed by atoms with E-state index in [1.165, 1.54) is 6.20 Å². The quantitative estimate of drug-likeness (QED) is 0.793. The van der Waals surface area contributed by atoms with Gasteiger partial charge in [-0.25, -0.2) is 18.1 Å². The topological polar surface area (TPSA) is 86.9 Å². The molecular formula is C14H20N4O2S. The van der Waals surface area contributed by atoms with Crippen LogP contribution in [0.1, 0.15) is 19.8 Å². The summed E-state index contributed by atoms with van der Waals surface area (Å²) in [5, 5.41) is 3.94. The highest BCUT2D eigenvalue weighted by atomic mass is 32.2. The molecule has 0 aromatic carbocycles. The average Bonchev–Trinajstić information content (AvgIpc) is 2.92. The van der Waals surface area contributed by atoms with Gasteiger partial charge in [-0.1, -0.05) is 0 Å². The Morgan fingerprint density at radius 3 is 3.10 bits per heavy atom. The maximum absolute atomic E-state index is 12.6. The van der Waals surface area contributed by atoms with Crippen LogP contribution < -0.4 is 10.0 Å². The summed E-state index contributed by atoms with van der Waals surface area (Å²) in [7, 11) is -3.54. The van der Waals surface area contributed by atoms with Crippen LogP contribution in [0.3, 0.4) is 0 Å². The van der Waals surface area contributed by atoms with E-state index in [1.807, 2.05) is 6.92 Å². The van der Waals surface area contributed by atoms with Crippen molar-refractivity contribution in [2.24, 2.45) is 5.92 Å². The van der Waals surface area contributed by atoms with E-state index in [4.69, 9.17) is 0 Å². The number of nitrogens with zero attached hydrogens (tertiary/aromatic N) is 1. The summed E-state index contributed by atoms with van der Waals surface area (Å²) in [5.74, 6) is 0.330. The molecular weight excluding hydrogens is 288 g/mol. The van der Waals surface area contributed by atoms with E-state index >= 15 is 0 Å². The third kappa shape index (κ3) is 2.95. The molecule has 2 unspecified atom stereocenters. The molecule has 6 nitrogen and oxygen atoms in total. The molecule has 3 heterocycles. The molecule has 3 rings (SSSR count). The van der Waals surface area contributed by atoms with Gasteiger partial charge in [0.2, 0.25) is 10.0 Å². The molecule has 0 aliphatic carbocycles. The first-order chi connectivity index (χ1) is 10.1. The molecule has 2 aromatic heterocycles. The van der Waals surface area contributed by atoms with Crippen molar-refractivity contribution in [2.75, 3.05) is 13.1 Å². The van der Waals surface area contributed by atoms with Crippen LogP contribution in [0, 0.1) is 5.92 Å². The van der Waals surface area contributed by atoms with Crippen LogP contribution in [-0.2, 0) is 10.0 Å². The molecule has 2 aromatic rings. The highest BCUT2D eigenvalue weighted by Gasteiger charge is 2.26. The molecule has 0 radical (unpaired) electrons. The van der Waals surface area contributed by atoms with Gasteiger partial charge in [0.15, 0.2) is 0 Å². The van der Waals surface area contributed by atoms with Gasteiger partial charge >= 0.3 is 0 Å². The standard InChI is InChI=1S/C14H20N4O2S/c1-10(11-4-2-6-15-8-11)18-21(19,20)13-9-17-14-12(13)5-3-7-16-14/h3,5,7,9-11,15,18H,2,4,6,8H2,1H3,(H,16,17). The van der Waals surface area contributed by atoms with E-state index in [0.29, 0.717) is 17.0 Å². The van der Waals surface area contributed by atoms with Crippen molar-refractivity contribution >= 4 is 21.1 Å². The Morgan fingerprint density at radius 2 is 2.33 bits per heavy atom. The van der Waals surface area contributed by atoms with E-state index in [-0.39, 0.29) is 10.9 Å². The van der Waals surface area contributed by atoms with Crippen molar-refractivity contribution in [3.05, 3.63) is 24.5 Å². The Labute approximate surface area is 124 Å². The maximum Gasteiger partial charge on any atom is 0.243 e. The van der Waals surface area contributed by atoms with Gasteiger partial charge in [0.1, 0.15) is 10.5 Å². The highest BCUT2D eigenvalue weighted by molar-refractivity contribution is 7.89. The lowest BCUT2D eigenvalue weighted by atomic mass is 9.94. The largest absolute Gasteiger partial charge is 0.345 e. The van der Waals surface area contributed by atoms with E-state index in [1.54, 1.807) is 18.3 Å². The van der Waals surface area contributed by atoms with Gasteiger partial charge in [-0.2, -0.15) is 0 Å². The Balaban J connectivity index is 1.83. The summed E-state index contributed by atoms with van der Waals surface area (Å²) >= 11 is 0. The normalized spacial score (nSPS) is 21.5. The number of fused-ring (bicyclic) bond motifs is 1. The number of aromatic amines is 1. The molecule has 3 N–H and O–H groups in total. The smallest absolute Gasteiger partial charge is 0.243 e. The lowest BCUT2D eigenvalue weighted by Gasteiger charge is -2.28. The minimum Gasteiger partial charge on any atom is -0.345 e. The van der Waals surface area contributed by atoms with Gasteiger partial charge in [0, 0.05) is 23.8 Å². The van der Waals surface area contributed by atoms with Crippen molar-refractivity contribution in [1.29, 1.82) is 0 Å². The van der Waals surface area contributed by atoms with Crippen molar-refractivity contribution in [1.82, 2.24) is 20.0 Å². The number of sulfonamides is 1. The fourth-order valence-corrected chi connectivity index (χ4v) is 4.34. The van der Waals surface area contributed by atoms with Crippen LogP contribution in [0.5, 0.6) is 0 Å². The average molecular weight is 308 g/mol. The van der Waals surface area contributed by atoms with Gasteiger partial charge in [-0.3, -0.25) is 0 Å². The fourth-order valence-electron chi connectivity index (χ4n) is 2.86. The second-order valence-electron chi connectivity index (χ2n) is 5.57. The zero-order valence-corrected chi connectivity index (χ0v) is 12.8. The lowest BCUT2D eigenvalue weighted by molar-refractivity contribution is 0.320. The Kier molecular flexibility index (Phi) is 3.97. The molecule has 0 spiro atoms. The highest BCUT2D eigenvalue weighted by Crippen LogP contribution is 2.22. The molecule has 0 amide bonds. The molecule has 1 fully saturated rings. The molecule has 1 saturated heterocycles. The third-order valence-corrected chi connectivity index (χ3v) is 5.68. The second-order valence-corrected chi connectivity index (χ2v) is 7.25. The minimum atomic E-state index is -3.54. The van der Waals surface area contributed by atoms with Crippen LogP contribution >= 0.6 is 0 Å². The molecule has 114 valence electrons. The van der Waals surface area contributed by atoms with E-state index in [0.717, 1.165) is 25.9 Å². The summed E-state index contributed by atoms with van der Waals surface area (Å²) in [4.78, 5) is 7.30.